The maximum atomic E-state index is 13.3. The second-order valence-corrected chi connectivity index (χ2v) is 10.2. The van der Waals surface area contributed by atoms with Crippen molar-refractivity contribution in [2.24, 2.45) is 5.41 Å². The number of pyridine rings is 1. The van der Waals surface area contributed by atoms with Crippen molar-refractivity contribution in [3.8, 4) is 11.1 Å². The molecule has 34 heavy (non-hydrogen) atoms. The van der Waals surface area contributed by atoms with Gasteiger partial charge in [0.15, 0.2) is 0 Å². The van der Waals surface area contributed by atoms with Gasteiger partial charge in [-0.2, -0.15) is 0 Å². The molecule has 0 radical (unpaired) electrons. The number of carbonyl (C=O) groups excluding carboxylic acids is 1. The lowest BCUT2D eigenvalue weighted by Gasteiger charge is -2.20. The third-order valence-corrected chi connectivity index (χ3v) is 7.01. The van der Waals surface area contributed by atoms with Crippen LogP contribution in [0, 0.1) is 5.41 Å². The van der Waals surface area contributed by atoms with Gasteiger partial charge in [0.1, 0.15) is 0 Å². The first-order valence-electron chi connectivity index (χ1n) is 10.7. The summed E-state index contributed by atoms with van der Waals surface area (Å²) in [5.74, 6) is -0.330. The molecule has 0 aliphatic rings. The summed E-state index contributed by atoms with van der Waals surface area (Å²) < 4.78 is 29.2. The molecule has 4 aromatic rings. The topological polar surface area (TPSA) is 108 Å². The highest BCUT2D eigenvalue weighted by Gasteiger charge is 2.26. The highest BCUT2D eigenvalue weighted by molar-refractivity contribution is 7.93. The van der Waals surface area contributed by atoms with Crippen LogP contribution in [0.1, 0.15) is 13.8 Å². The molecule has 0 aliphatic carbocycles. The molecular weight excluding hydrogens is 450 g/mol. The Morgan fingerprint density at radius 2 is 1.50 bits per heavy atom. The SMILES string of the molecule is CC(C)(CO)C(=O)Nc1ccc(NS(=O)(=O)c2ccc(-c3ccncc3)c3ccccc23)cc1. The van der Waals surface area contributed by atoms with Crippen LogP contribution in [-0.4, -0.2) is 31.0 Å². The molecule has 1 aromatic heterocycles. The summed E-state index contributed by atoms with van der Waals surface area (Å²) in [4.78, 5) is 16.5. The first kappa shape index (κ1) is 23.4. The van der Waals surface area contributed by atoms with Crippen LogP contribution in [-0.2, 0) is 14.8 Å². The first-order valence-corrected chi connectivity index (χ1v) is 12.2. The molecule has 0 spiro atoms. The predicted octanol–water partition coefficient (Wildman–Crippen LogP) is 4.66. The number of aliphatic hydroxyl groups excluding tert-OH is 1. The molecule has 1 amide bonds. The molecule has 0 bridgehead atoms. The molecular formula is C26H25N3O4S. The molecule has 4 rings (SSSR count). The number of anilines is 2. The van der Waals surface area contributed by atoms with Gasteiger partial charge in [-0.1, -0.05) is 30.3 Å². The number of fused-ring (bicyclic) bond motifs is 1. The standard InChI is InChI=1S/C26H25N3O4S/c1-26(2,17-30)25(31)28-19-7-9-20(10-8-19)29-34(32,33)24-12-11-21(18-13-15-27-16-14-18)22-5-3-4-6-23(22)24/h3-16,29-30H,17H2,1-2H3,(H,28,31). The van der Waals surface area contributed by atoms with Crippen molar-refractivity contribution in [3.05, 3.63) is 85.2 Å². The number of rotatable bonds is 7. The fourth-order valence-electron chi connectivity index (χ4n) is 3.49. The Labute approximate surface area is 198 Å². The fourth-order valence-corrected chi connectivity index (χ4v) is 4.76. The van der Waals surface area contributed by atoms with Gasteiger partial charge in [-0.15, -0.1) is 0 Å². The van der Waals surface area contributed by atoms with Gasteiger partial charge in [0.25, 0.3) is 10.0 Å². The van der Waals surface area contributed by atoms with Gasteiger partial charge in [0.2, 0.25) is 5.91 Å². The molecule has 0 unspecified atom stereocenters. The first-order chi connectivity index (χ1) is 16.2. The van der Waals surface area contributed by atoms with Crippen LogP contribution in [0.5, 0.6) is 0 Å². The van der Waals surface area contributed by atoms with Gasteiger partial charge in [-0.05, 0) is 72.8 Å². The van der Waals surface area contributed by atoms with E-state index in [4.69, 9.17) is 0 Å². The van der Waals surface area contributed by atoms with Gasteiger partial charge in [-0.25, -0.2) is 8.42 Å². The number of carbonyl (C=O) groups is 1. The Morgan fingerprint density at radius 3 is 2.15 bits per heavy atom. The van der Waals surface area contributed by atoms with E-state index < -0.39 is 15.4 Å². The van der Waals surface area contributed by atoms with Gasteiger partial charge < -0.3 is 10.4 Å². The maximum Gasteiger partial charge on any atom is 0.262 e. The average molecular weight is 476 g/mol. The number of aliphatic hydroxyl groups is 1. The summed E-state index contributed by atoms with van der Waals surface area (Å²) in [6, 6.07) is 20.9. The van der Waals surface area contributed by atoms with Crippen molar-refractivity contribution < 1.29 is 18.3 Å². The van der Waals surface area contributed by atoms with Gasteiger partial charge in [-0.3, -0.25) is 14.5 Å². The van der Waals surface area contributed by atoms with E-state index in [2.05, 4.69) is 15.0 Å². The van der Waals surface area contributed by atoms with Crippen LogP contribution >= 0.6 is 0 Å². The van der Waals surface area contributed by atoms with Crippen molar-refractivity contribution >= 4 is 38.1 Å². The zero-order valence-corrected chi connectivity index (χ0v) is 19.6. The number of benzene rings is 3. The van der Waals surface area contributed by atoms with Crippen LogP contribution in [0.2, 0.25) is 0 Å². The van der Waals surface area contributed by atoms with Crippen molar-refractivity contribution in [2.75, 3.05) is 16.6 Å². The number of hydrogen-bond donors (Lipinski definition) is 3. The summed E-state index contributed by atoms with van der Waals surface area (Å²) in [5.41, 5.74) is 1.81. The van der Waals surface area contributed by atoms with Crippen LogP contribution < -0.4 is 10.0 Å². The molecule has 0 aliphatic heterocycles. The number of sulfonamides is 1. The summed E-state index contributed by atoms with van der Waals surface area (Å²) in [5, 5.41) is 13.5. The van der Waals surface area contributed by atoms with Gasteiger partial charge in [0.05, 0.1) is 16.9 Å². The summed E-state index contributed by atoms with van der Waals surface area (Å²) >= 11 is 0. The molecule has 0 saturated carbocycles. The molecule has 174 valence electrons. The zero-order valence-electron chi connectivity index (χ0n) is 18.8. The fraction of sp³-hybridized carbons (Fsp3) is 0.154. The highest BCUT2D eigenvalue weighted by atomic mass is 32.2. The lowest BCUT2D eigenvalue weighted by Crippen LogP contribution is -2.33. The Balaban J connectivity index is 1.62. The smallest absolute Gasteiger partial charge is 0.262 e. The Morgan fingerprint density at radius 1 is 0.882 bits per heavy atom. The monoisotopic (exact) mass is 475 g/mol. The summed E-state index contributed by atoms with van der Waals surface area (Å²) in [6.07, 6.45) is 3.40. The number of amides is 1. The number of nitrogens with zero attached hydrogens (tertiary/aromatic N) is 1. The Hall–Kier alpha value is -3.75. The molecule has 0 atom stereocenters. The second kappa shape index (κ2) is 9.24. The number of nitrogens with one attached hydrogen (secondary N) is 2. The zero-order chi connectivity index (χ0) is 24.3. The van der Waals surface area contributed by atoms with Crippen LogP contribution in [0.15, 0.2) is 90.1 Å². The van der Waals surface area contributed by atoms with Gasteiger partial charge >= 0.3 is 0 Å². The lowest BCUT2D eigenvalue weighted by molar-refractivity contribution is -0.125. The average Bonchev–Trinajstić information content (AvgIpc) is 2.84. The lowest BCUT2D eigenvalue weighted by atomic mass is 9.93. The Kier molecular flexibility index (Phi) is 6.37. The van der Waals surface area contributed by atoms with Crippen molar-refractivity contribution in [1.82, 2.24) is 4.98 Å². The number of hydrogen-bond acceptors (Lipinski definition) is 5. The molecule has 0 saturated heterocycles. The quantitative estimate of drug-likeness (QED) is 0.360. The van der Waals surface area contributed by atoms with E-state index in [1.54, 1.807) is 68.7 Å². The highest BCUT2D eigenvalue weighted by Crippen LogP contribution is 2.33. The third kappa shape index (κ3) is 4.78. The van der Waals surface area contributed by atoms with E-state index in [1.165, 1.54) is 0 Å². The van der Waals surface area contributed by atoms with E-state index in [9.17, 15) is 18.3 Å². The summed E-state index contributed by atoms with van der Waals surface area (Å²) in [6.45, 7) is 2.98. The van der Waals surface area contributed by atoms with E-state index in [0.717, 1.165) is 16.5 Å². The van der Waals surface area contributed by atoms with Crippen LogP contribution in [0.3, 0.4) is 0 Å². The number of aromatic nitrogens is 1. The minimum Gasteiger partial charge on any atom is -0.395 e. The maximum absolute atomic E-state index is 13.3. The molecule has 7 nitrogen and oxygen atoms in total. The van der Waals surface area contributed by atoms with Crippen LogP contribution in [0.25, 0.3) is 21.9 Å². The van der Waals surface area contributed by atoms with Crippen molar-refractivity contribution in [1.29, 1.82) is 0 Å². The minimum absolute atomic E-state index is 0.169. The predicted molar refractivity (Wildman–Crippen MR) is 134 cm³/mol. The molecule has 8 heteroatoms. The van der Waals surface area contributed by atoms with Gasteiger partial charge in [0, 0.05) is 29.2 Å². The van der Waals surface area contributed by atoms with E-state index in [-0.39, 0.29) is 17.4 Å². The van der Waals surface area contributed by atoms with Crippen molar-refractivity contribution in [3.63, 3.8) is 0 Å². The minimum atomic E-state index is -3.88. The third-order valence-electron chi connectivity index (χ3n) is 5.57. The van der Waals surface area contributed by atoms with E-state index in [0.29, 0.717) is 16.8 Å². The van der Waals surface area contributed by atoms with Crippen LogP contribution in [0.4, 0.5) is 11.4 Å². The molecule has 3 N–H and O–H groups in total. The normalized spacial score (nSPS) is 11.9. The van der Waals surface area contributed by atoms with E-state index >= 15 is 0 Å². The van der Waals surface area contributed by atoms with E-state index in [1.807, 2.05) is 30.3 Å². The second-order valence-electron chi connectivity index (χ2n) is 8.57. The molecule has 1 heterocycles. The Bertz CT molecular complexity index is 1430. The summed E-state index contributed by atoms with van der Waals surface area (Å²) in [7, 11) is -3.88. The van der Waals surface area contributed by atoms with Crippen molar-refractivity contribution in [2.45, 2.75) is 18.7 Å². The molecule has 3 aromatic carbocycles. The molecule has 0 fully saturated rings. The largest absolute Gasteiger partial charge is 0.395 e.